The molecule has 0 bridgehead atoms. The van der Waals surface area contributed by atoms with E-state index in [-0.39, 0.29) is 5.69 Å². The lowest BCUT2D eigenvalue weighted by molar-refractivity contribution is -0.384. The second kappa shape index (κ2) is 3.49. The smallest absolute Gasteiger partial charge is 0.270 e. The number of nitro groups is 1. The Balaban J connectivity index is 2.34. The lowest BCUT2D eigenvalue weighted by Crippen LogP contribution is -1.90. The van der Waals surface area contributed by atoms with Crippen LogP contribution in [0.1, 0.15) is 12.0 Å². The number of ether oxygens (including phenoxy) is 1. The average molecular weight is 191 g/mol. The number of hydrogen-bond acceptors (Lipinski definition) is 3. The molecule has 0 unspecified atom stereocenters. The standard InChI is InChI=1S/C10H9NO3/c12-11(13)9-4-1-3-8(7-9)10-5-2-6-14-10/h1,3-5,7H,2,6H2. The van der Waals surface area contributed by atoms with E-state index < -0.39 is 4.92 Å². The zero-order valence-corrected chi connectivity index (χ0v) is 7.47. The molecule has 1 heterocycles. The van der Waals surface area contributed by atoms with E-state index in [1.165, 1.54) is 12.1 Å². The Hall–Kier alpha value is -1.84. The molecule has 0 amide bonds. The maximum absolute atomic E-state index is 10.5. The summed E-state index contributed by atoms with van der Waals surface area (Å²) in [5.41, 5.74) is 0.871. The van der Waals surface area contributed by atoms with Crippen LogP contribution in [0.5, 0.6) is 0 Å². The van der Waals surface area contributed by atoms with Crippen molar-refractivity contribution in [3.05, 3.63) is 46.0 Å². The molecule has 0 aromatic heterocycles. The summed E-state index contributed by atoms with van der Waals surface area (Å²) in [4.78, 5) is 10.1. The Morgan fingerprint density at radius 1 is 1.43 bits per heavy atom. The van der Waals surface area contributed by atoms with Gasteiger partial charge in [0.2, 0.25) is 0 Å². The lowest BCUT2D eigenvalue weighted by Gasteiger charge is -2.02. The molecule has 0 spiro atoms. The quantitative estimate of drug-likeness (QED) is 0.532. The Labute approximate surface area is 81.0 Å². The summed E-state index contributed by atoms with van der Waals surface area (Å²) in [6.07, 6.45) is 2.82. The molecule has 4 heteroatoms. The highest BCUT2D eigenvalue weighted by Crippen LogP contribution is 2.24. The van der Waals surface area contributed by atoms with Crippen molar-refractivity contribution in [1.29, 1.82) is 0 Å². The van der Waals surface area contributed by atoms with E-state index in [4.69, 9.17) is 4.74 Å². The van der Waals surface area contributed by atoms with Crippen LogP contribution in [0.25, 0.3) is 5.76 Å². The minimum atomic E-state index is -0.404. The van der Waals surface area contributed by atoms with Crippen LogP contribution in [0.15, 0.2) is 30.3 Å². The molecule has 0 fully saturated rings. The highest BCUT2D eigenvalue weighted by atomic mass is 16.6. The SMILES string of the molecule is O=[N+]([O-])c1cccc(C2=CCCO2)c1. The highest BCUT2D eigenvalue weighted by molar-refractivity contribution is 5.63. The molecule has 0 saturated heterocycles. The summed E-state index contributed by atoms with van der Waals surface area (Å²) in [5.74, 6) is 0.744. The van der Waals surface area contributed by atoms with Crippen molar-refractivity contribution in [3.63, 3.8) is 0 Å². The zero-order valence-electron chi connectivity index (χ0n) is 7.47. The first-order chi connectivity index (χ1) is 6.77. The molecular weight excluding hydrogens is 182 g/mol. The molecule has 0 saturated carbocycles. The summed E-state index contributed by atoms with van der Waals surface area (Å²) in [6, 6.07) is 6.47. The summed E-state index contributed by atoms with van der Waals surface area (Å²) in [5, 5.41) is 10.5. The van der Waals surface area contributed by atoms with Gasteiger partial charge in [0.1, 0.15) is 5.76 Å². The molecule has 1 aromatic carbocycles. The van der Waals surface area contributed by atoms with Gasteiger partial charge in [0, 0.05) is 24.1 Å². The number of hydrogen-bond donors (Lipinski definition) is 0. The fraction of sp³-hybridized carbons (Fsp3) is 0.200. The fourth-order valence-corrected chi connectivity index (χ4v) is 1.39. The van der Waals surface area contributed by atoms with Gasteiger partial charge in [0.25, 0.3) is 5.69 Å². The monoisotopic (exact) mass is 191 g/mol. The van der Waals surface area contributed by atoms with E-state index >= 15 is 0 Å². The van der Waals surface area contributed by atoms with E-state index in [1.807, 2.05) is 12.1 Å². The number of rotatable bonds is 2. The van der Waals surface area contributed by atoms with Gasteiger partial charge in [-0.1, -0.05) is 12.1 Å². The first-order valence-corrected chi connectivity index (χ1v) is 4.35. The van der Waals surface area contributed by atoms with Gasteiger partial charge >= 0.3 is 0 Å². The molecular formula is C10H9NO3. The van der Waals surface area contributed by atoms with Crippen molar-refractivity contribution < 1.29 is 9.66 Å². The predicted molar refractivity (Wildman–Crippen MR) is 51.6 cm³/mol. The third-order valence-electron chi connectivity index (χ3n) is 2.05. The van der Waals surface area contributed by atoms with Crippen LogP contribution in [0.4, 0.5) is 5.69 Å². The molecule has 0 aliphatic carbocycles. The maximum Gasteiger partial charge on any atom is 0.270 e. The van der Waals surface area contributed by atoms with Crippen LogP contribution in [0.3, 0.4) is 0 Å². The Bertz CT molecular complexity index is 398. The summed E-state index contributed by atoms with van der Waals surface area (Å²) < 4.78 is 5.31. The predicted octanol–water partition coefficient (Wildman–Crippen LogP) is 2.36. The number of nitrogens with zero attached hydrogens (tertiary/aromatic N) is 1. The van der Waals surface area contributed by atoms with E-state index in [1.54, 1.807) is 6.07 Å². The van der Waals surface area contributed by atoms with Gasteiger partial charge < -0.3 is 4.74 Å². The van der Waals surface area contributed by atoms with Crippen molar-refractivity contribution in [2.45, 2.75) is 6.42 Å². The van der Waals surface area contributed by atoms with Crippen molar-refractivity contribution >= 4 is 11.4 Å². The maximum atomic E-state index is 10.5. The topological polar surface area (TPSA) is 52.4 Å². The van der Waals surface area contributed by atoms with Crippen molar-refractivity contribution in [2.75, 3.05) is 6.61 Å². The second-order valence-electron chi connectivity index (χ2n) is 3.01. The number of nitro benzene ring substituents is 1. The van der Waals surface area contributed by atoms with Gasteiger partial charge in [-0.15, -0.1) is 0 Å². The third kappa shape index (κ3) is 1.59. The molecule has 4 nitrogen and oxygen atoms in total. The summed E-state index contributed by atoms with van der Waals surface area (Å²) in [6.45, 7) is 0.665. The minimum Gasteiger partial charge on any atom is -0.493 e. The van der Waals surface area contributed by atoms with E-state index in [9.17, 15) is 10.1 Å². The largest absolute Gasteiger partial charge is 0.493 e. The van der Waals surface area contributed by atoms with Crippen LogP contribution >= 0.6 is 0 Å². The van der Waals surface area contributed by atoms with E-state index in [0.29, 0.717) is 6.61 Å². The minimum absolute atomic E-state index is 0.0962. The molecule has 1 aliphatic heterocycles. The van der Waals surface area contributed by atoms with Crippen LogP contribution < -0.4 is 0 Å². The zero-order chi connectivity index (χ0) is 9.97. The second-order valence-corrected chi connectivity index (χ2v) is 3.01. The van der Waals surface area contributed by atoms with Gasteiger partial charge in [-0.25, -0.2) is 0 Å². The Morgan fingerprint density at radius 3 is 2.93 bits per heavy atom. The number of benzene rings is 1. The molecule has 0 atom stereocenters. The van der Waals surface area contributed by atoms with Gasteiger partial charge in [-0.2, -0.15) is 0 Å². The van der Waals surface area contributed by atoms with E-state index in [2.05, 4.69) is 0 Å². The normalized spacial score (nSPS) is 14.7. The summed E-state index contributed by atoms with van der Waals surface area (Å²) >= 11 is 0. The van der Waals surface area contributed by atoms with Gasteiger partial charge in [0.15, 0.2) is 0 Å². The summed E-state index contributed by atoms with van der Waals surface area (Å²) in [7, 11) is 0. The molecule has 72 valence electrons. The van der Waals surface area contributed by atoms with Crippen molar-refractivity contribution in [1.82, 2.24) is 0 Å². The van der Waals surface area contributed by atoms with Gasteiger partial charge in [-0.05, 0) is 6.08 Å². The van der Waals surface area contributed by atoms with Crippen LogP contribution in [0, 0.1) is 10.1 Å². The first kappa shape index (κ1) is 8.74. The molecule has 14 heavy (non-hydrogen) atoms. The molecule has 1 aliphatic rings. The van der Waals surface area contributed by atoms with Crippen LogP contribution in [-0.4, -0.2) is 11.5 Å². The molecule has 1 aromatic rings. The van der Waals surface area contributed by atoms with Gasteiger partial charge in [0.05, 0.1) is 11.5 Å². The van der Waals surface area contributed by atoms with Crippen LogP contribution in [0.2, 0.25) is 0 Å². The van der Waals surface area contributed by atoms with Gasteiger partial charge in [-0.3, -0.25) is 10.1 Å². The van der Waals surface area contributed by atoms with Crippen molar-refractivity contribution in [3.8, 4) is 0 Å². The highest BCUT2D eigenvalue weighted by Gasteiger charge is 2.12. The Kier molecular flexibility index (Phi) is 2.18. The Morgan fingerprint density at radius 2 is 2.29 bits per heavy atom. The third-order valence-corrected chi connectivity index (χ3v) is 2.05. The molecule has 2 rings (SSSR count). The van der Waals surface area contributed by atoms with Crippen LogP contribution in [-0.2, 0) is 4.74 Å². The molecule has 0 N–H and O–H groups in total. The molecule has 0 radical (unpaired) electrons. The first-order valence-electron chi connectivity index (χ1n) is 4.35. The van der Waals surface area contributed by atoms with Crippen molar-refractivity contribution in [2.24, 2.45) is 0 Å². The average Bonchev–Trinajstić information content (AvgIpc) is 2.71. The van der Waals surface area contributed by atoms with E-state index in [0.717, 1.165) is 17.7 Å². The fourth-order valence-electron chi connectivity index (χ4n) is 1.39. The number of non-ortho nitro benzene ring substituents is 1. The lowest BCUT2D eigenvalue weighted by atomic mass is 10.1.